The van der Waals surface area contributed by atoms with Crippen LogP contribution >= 0.6 is 0 Å². The van der Waals surface area contributed by atoms with E-state index in [-0.39, 0.29) is 0 Å². The molecule has 3 rings (SSSR count). The van der Waals surface area contributed by atoms with Gasteiger partial charge in [0.1, 0.15) is 5.82 Å². The third-order valence-electron chi connectivity index (χ3n) is 4.56. The fraction of sp³-hybridized carbons (Fsp3) is 0.714. The molecule has 4 heteroatoms. The summed E-state index contributed by atoms with van der Waals surface area (Å²) in [5.74, 6) is 1.71. The number of nitrogens with zero attached hydrogens (tertiary/aromatic N) is 3. The lowest BCUT2D eigenvalue weighted by Crippen LogP contribution is -2.41. The SMILES string of the molecule is Cc1cnnc(NCC2CC3CCC(C2)N3C)c1. The van der Waals surface area contributed by atoms with Crippen molar-refractivity contribution in [2.75, 3.05) is 18.9 Å². The molecule has 2 aliphatic rings. The number of aromatic nitrogens is 2. The van der Waals surface area contributed by atoms with Gasteiger partial charge in [-0.05, 0) is 57.2 Å². The molecule has 1 aromatic rings. The fourth-order valence-electron chi connectivity index (χ4n) is 3.49. The molecule has 2 unspecified atom stereocenters. The maximum Gasteiger partial charge on any atom is 0.148 e. The number of fused-ring (bicyclic) bond motifs is 2. The van der Waals surface area contributed by atoms with Gasteiger partial charge in [0, 0.05) is 18.6 Å². The molecular formula is C14H22N4. The van der Waals surface area contributed by atoms with Crippen molar-refractivity contribution < 1.29 is 0 Å². The predicted molar refractivity (Wildman–Crippen MR) is 72.6 cm³/mol. The molecule has 1 aromatic heterocycles. The smallest absolute Gasteiger partial charge is 0.148 e. The highest BCUT2D eigenvalue weighted by atomic mass is 15.2. The number of anilines is 1. The van der Waals surface area contributed by atoms with Crippen molar-refractivity contribution in [3.05, 3.63) is 17.8 Å². The highest BCUT2D eigenvalue weighted by Gasteiger charge is 2.38. The van der Waals surface area contributed by atoms with E-state index in [2.05, 4.69) is 40.5 Å². The first-order chi connectivity index (χ1) is 8.72. The minimum absolute atomic E-state index is 0.793. The van der Waals surface area contributed by atoms with E-state index in [0.717, 1.165) is 35.9 Å². The summed E-state index contributed by atoms with van der Waals surface area (Å²) in [5.41, 5.74) is 1.16. The van der Waals surface area contributed by atoms with Crippen molar-refractivity contribution in [3.8, 4) is 0 Å². The first kappa shape index (κ1) is 11.9. The van der Waals surface area contributed by atoms with Crippen LogP contribution in [0.5, 0.6) is 0 Å². The average Bonchev–Trinajstić information content (AvgIpc) is 2.60. The number of hydrogen-bond acceptors (Lipinski definition) is 4. The standard InChI is InChI=1S/C14H22N4/c1-10-5-14(17-16-8-10)15-9-11-6-12-3-4-13(7-11)18(12)2/h5,8,11-13H,3-4,6-7,9H2,1-2H3,(H,15,17). The van der Waals surface area contributed by atoms with Crippen LogP contribution < -0.4 is 5.32 Å². The molecule has 0 aromatic carbocycles. The number of aryl methyl sites for hydroxylation is 1. The zero-order valence-electron chi connectivity index (χ0n) is 11.3. The van der Waals surface area contributed by atoms with Crippen molar-refractivity contribution in [2.24, 2.45) is 5.92 Å². The van der Waals surface area contributed by atoms with E-state index in [0.29, 0.717) is 0 Å². The van der Waals surface area contributed by atoms with Gasteiger partial charge in [-0.25, -0.2) is 0 Å². The second-order valence-corrected chi connectivity index (χ2v) is 5.89. The number of rotatable bonds is 3. The van der Waals surface area contributed by atoms with Gasteiger partial charge in [-0.2, -0.15) is 5.10 Å². The topological polar surface area (TPSA) is 41.1 Å². The first-order valence-electron chi connectivity index (χ1n) is 6.97. The summed E-state index contributed by atoms with van der Waals surface area (Å²) in [4.78, 5) is 2.59. The maximum absolute atomic E-state index is 4.12. The number of piperidine rings is 1. The Labute approximate surface area is 109 Å². The molecule has 98 valence electrons. The van der Waals surface area contributed by atoms with Gasteiger partial charge in [-0.3, -0.25) is 0 Å². The summed E-state index contributed by atoms with van der Waals surface area (Å²) in [6.07, 6.45) is 7.24. The van der Waals surface area contributed by atoms with Crippen LogP contribution in [0.4, 0.5) is 5.82 Å². The molecule has 2 saturated heterocycles. The van der Waals surface area contributed by atoms with Crippen LogP contribution in [0.3, 0.4) is 0 Å². The predicted octanol–water partition coefficient (Wildman–Crippen LogP) is 2.07. The van der Waals surface area contributed by atoms with Crippen LogP contribution in [0.2, 0.25) is 0 Å². The van der Waals surface area contributed by atoms with Gasteiger partial charge in [0.15, 0.2) is 0 Å². The zero-order valence-corrected chi connectivity index (χ0v) is 11.3. The molecule has 18 heavy (non-hydrogen) atoms. The lowest BCUT2D eigenvalue weighted by molar-refractivity contribution is 0.139. The van der Waals surface area contributed by atoms with Crippen molar-refractivity contribution in [3.63, 3.8) is 0 Å². The van der Waals surface area contributed by atoms with Crippen LogP contribution in [-0.2, 0) is 0 Å². The molecule has 0 radical (unpaired) electrons. The number of hydrogen-bond donors (Lipinski definition) is 1. The Balaban J connectivity index is 1.55. The highest BCUT2D eigenvalue weighted by Crippen LogP contribution is 2.37. The molecule has 2 fully saturated rings. The van der Waals surface area contributed by atoms with E-state index in [4.69, 9.17) is 0 Å². The van der Waals surface area contributed by atoms with Gasteiger partial charge >= 0.3 is 0 Å². The van der Waals surface area contributed by atoms with Gasteiger partial charge in [0.2, 0.25) is 0 Å². The van der Waals surface area contributed by atoms with Crippen molar-refractivity contribution in [1.29, 1.82) is 0 Å². The van der Waals surface area contributed by atoms with E-state index in [1.165, 1.54) is 25.7 Å². The molecule has 0 aliphatic carbocycles. The lowest BCUT2D eigenvalue weighted by Gasteiger charge is -2.36. The Morgan fingerprint density at radius 1 is 1.33 bits per heavy atom. The second-order valence-electron chi connectivity index (χ2n) is 5.89. The minimum Gasteiger partial charge on any atom is -0.368 e. The van der Waals surface area contributed by atoms with E-state index in [1.54, 1.807) is 6.20 Å². The number of nitrogens with one attached hydrogen (secondary N) is 1. The summed E-state index contributed by atoms with van der Waals surface area (Å²) in [5, 5.41) is 11.5. The molecular weight excluding hydrogens is 224 g/mol. The maximum atomic E-state index is 4.12. The van der Waals surface area contributed by atoms with Gasteiger partial charge in [-0.1, -0.05) is 0 Å². The van der Waals surface area contributed by atoms with Crippen LogP contribution in [0.1, 0.15) is 31.2 Å². The Hall–Kier alpha value is -1.16. The molecule has 2 atom stereocenters. The fourth-order valence-corrected chi connectivity index (χ4v) is 3.49. The van der Waals surface area contributed by atoms with E-state index < -0.39 is 0 Å². The Morgan fingerprint density at radius 3 is 2.72 bits per heavy atom. The summed E-state index contributed by atoms with van der Waals surface area (Å²) >= 11 is 0. The summed E-state index contributed by atoms with van der Waals surface area (Å²) in [6.45, 7) is 3.09. The Bertz CT molecular complexity index is 406. The molecule has 3 heterocycles. The highest BCUT2D eigenvalue weighted by molar-refractivity contribution is 5.35. The van der Waals surface area contributed by atoms with Crippen molar-refractivity contribution >= 4 is 5.82 Å². The van der Waals surface area contributed by atoms with Gasteiger partial charge in [0.25, 0.3) is 0 Å². The molecule has 0 amide bonds. The van der Waals surface area contributed by atoms with E-state index in [1.807, 2.05) is 0 Å². The quantitative estimate of drug-likeness (QED) is 0.886. The zero-order chi connectivity index (χ0) is 12.5. The van der Waals surface area contributed by atoms with Gasteiger partial charge in [-0.15, -0.1) is 5.10 Å². The Morgan fingerprint density at radius 2 is 2.06 bits per heavy atom. The first-order valence-corrected chi connectivity index (χ1v) is 6.97. The molecule has 4 nitrogen and oxygen atoms in total. The average molecular weight is 246 g/mol. The van der Waals surface area contributed by atoms with Crippen molar-refractivity contribution in [1.82, 2.24) is 15.1 Å². The van der Waals surface area contributed by atoms with Crippen molar-refractivity contribution in [2.45, 2.75) is 44.7 Å². The summed E-state index contributed by atoms with van der Waals surface area (Å²) in [6, 6.07) is 3.70. The monoisotopic (exact) mass is 246 g/mol. The van der Waals surface area contributed by atoms with Gasteiger partial charge in [0.05, 0.1) is 6.20 Å². The van der Waals surface area contributed by atoms with E-state index in [9.17, 15) is 0 Å². The normalized spacial score (nSPS) is 31.6. The molecule has 1 N–H and O–H groups in total. The third-order valence-corrected chi connectivity index (χ3v) is 4.56. The third kappa shape index (κ3) is 2.34. The lowest BCUT2D eigenvalue weighted by atomic mass is 9.91. The molecule has 0 spiro atoms. The molecule has 2 bridgehead atoms. The van der Waals surface area contributed by atoms with Crippen LogP contribution in [0, 0.1) is 12.8 Å². The minimum atomic E-state index is 0.793. The largest absolute Gasteiger partial charge is 0.368 e. The molecule has 2 aliphatic heterocycles. The molecule has 0 saturated carbocycles. The Kier molecular flexibility index (Phi) is 3.20. The van der Waals surface area contributed by atoms with Crippen LogP contribution in [0.25, 0.3) is 0 Å². The second kappa shape index (κ2) is 4.84. The summed E-state index contributed by atoms with van der Waals surface area (Å²) < 4.78 is 0. The van der Waals surface area contributed by atoms with E-state index >= 15 is 0 Å². The summed E-state index contributed by atoms with van der Waals surface area (Å²) in [7, 11) is 2.29. The van der Waals surface area contributed by atoms with Crippen LogP contribution in [-0.4, -0.2) is 40.8 Å². The van der Waals surface area contributed by atoms with Gasteiger partial charge < -0.3 is 10.2 Å². The van der Waals surface area contributed by atoms with Crippen LogP contribution in [0.15, 0.2) is 12.3 Å².